The number of nitrogens with zero attached hydrogens (tertiary/aromatic N) is 1. The summed E-state index contributed by atoms with van der Waals surface area (Å²) in [6.45, 7) is 3.21. The lowest BCUT2D eigenvalue weighted by atomic mass is 11.8. The molecule has 0 rings (SSSR count). The van der Waals surface area contributed by atoms with Crippen molar-refractivity contribution in [2.24, 2.45) is 4.40 Å². The maximum Gasteiger partial charge on any atom is 0.0581 e. The molecule has 3 heteroatoms. The largest absolute Gasteiger partial charge is 0.232 e. The topological polar surface area (TPSA) is 12.4 Å². The van der Waals surface area contributed by atoms with Crippen LogP contribution in [-0.2, 0) is 0 Å². The summed E-state index contributed by atoms with van der Waals surface area (Å²) >= 11 is 5.17. The van der Waals surface area contributed by atoms with Gasteiger partial charge in [-0.1, -0.05) is 0 Å². The van der Waals surface area contributed by atoms with Crippen LogP contribution in [0.5, 0.6) is 0 Å². The van der Waals surface area contributed by atoms with Gasteiger partial charge in [0.25, 0.3) is 0 Å². The van der Waals surface area contributed by atoms with E-state index in [1.807, 2.05) is 0 Å². The molecule has 0 N–H and O–H groups in total. The highest BCUT2D eigenvalue weighted by Gasteiger charge is 1.62. The minimum Gasteiger partial charge on any atom is -0.232 e. The van der Waals surface area contributed by atoms with Gasteiger partial charge >= 0.3 is 0 Å². The van der Waals surface area contributed by atoms with E-state index in [0.29, 0.717) is 0 Å². The number of hydrogen-bond donors (Lipinski definition) is 1. The van der Waals surface area contributed by atoms with Crippen molar-refractivity contribution in [3.05, 3.63) is 0 Å². The smallest absolute Gasteiger partial charge is 0.0581 e. The molecule has 0 saturated carbocycles. The van der Waals surface area contributed by atoms with Gasteiger partial charge in [0.15, 0.2) is 0 Å². The minimum absolute atomic E-state index is 0.726. The van der Waals surface area contributed by atoms with Crippen LogP contribution in [0, 0.1) is 0 Å². The van der Waals surface area contributed by atoms with Crippen molar-refractivity contribution in [3.63, 3.8) is 0 Å². The lowest BCUT2D eigenvalue weighted by Gasteiger charge is -1.72. The fourth-order valence-corrected chi connectivity index (χ4v) is 0.367. The SMILES string of the molecule is C=NSCS. The van der Waals surface area contributed by atoms with E-state index < -0.39 is 0 Å². The van der Waals surface area contributed by atoms with Crippen molar-refractivity contribution in [2.45, 2.75) is 0 Å². The van der Waals surface area contributed by atoms with E-state index >= 15 is 0 Å². The summed E-state index contributed by atoms with van der Waals surface area (Å²) in [5.41, 5.74) is 0. The number of hydrogen-bond acceptors (Lipinski definition) is 3. The van der Waals surface area contributed by atoms with Gasteiger partial charge in [-0.25, -0.2) is 4.40 Å². The molecule has 0 aromatic heterocycles. The maximum atomic E-state index is 3.83. The Morgan fingerprint density at radius 1 is 2.00 bits per heavy atom. The molecule has 0 bridgehead atoms. The van der Waals surface area contributed by atoms with E-state index in [0.717, 1.165) is 5.08 Å². The Morgan fingerprint density at radius 2 is 2.60 bits per heavy atom. The lowest BCUT2D eigenvalue weighted by molar-refractivity contribution is 2.00. The average Bonchev–Trinajstić information content (AvgIpc) is 1.41. The van der Waals surface area contributed by atoms with Crippen LogP contribution in [0.25, 0.3) is 0 Å². The van der Waals surface area contributed by atoms with Crippen LogP contribution in [0.2, 0.25) is 0 Å². The highest BCUT2D eigenvalue weighted by molar-refractivity contribution is 8.08. The zero-order chi connectivity index (χ0) is 4.12. The Balaban J connectivity index is 2.40. The van der Waals surface area contributed by atoms with Gasteiger partial charge in [0.2, 0.25) is 0 Å². The molecule has 0 radical (unpaired) electrons. The van der Waals surface area contributed by atoms with Crippen LogP contribution >= 0.6 is 24.6 Å². The molecule has 0 spiro atoms. The summed E-state index contributed by atoms with van der Waals surface area (Å²) in [5, 5.41) is 0.726. The molecule has 0 heterocycles. The molecular formula is C2H5NS2. The predicted molar refractivity (Wildman–Crippen MR) is 31.0 cm³/mol. The van der Waals surface area contributed by atoms with Crippen molar-refractivity contribution in [1.82, 2.24) is 0 Å². The minimum atomic E-state index is 0.726. The normalized spacial score (nSPS) is 7.40. The molecule has 0 aromatic carbocycles. The Morgan fingerprint density at radius 3 is 2.60 bits per heavy atom. The molecule has 0 aliphatic heterocycles. The number of rotatable bonds is 2. The third-order valence-corrected chi connectivity index (χ3v) is 0.793. The fourth-order valence-electron chi connectivity index (χ4n) is 0.0408. The van der Waals surface area contributed by atoms with E-state index in [2.05, 4.69) is 23.7 Å². The summed E-state index contributed by atoms with van der Waals surface area (Å²) in [7, 11) is 0. The third-order valence-electron chi connectivity index (χ3n) is 0.149. The summed E-state index contributed by atoms with van der Waals surface area (Å²) in [4.78, 5) is 0. The second kappa shape index (κ2) is 4.37. The summed E-state index contributed by atoms with van der Waals surface area (Å²) in [6.07, 6.45) is 0. The molecule has 0 amide bonds. The monoisotopic (exact) mass is 107 g/mol. The number of thiol groups is 1. The Kier molecular flexibility index (Phi) is 4.69. The molecule has 0 saturated heterocycles. The summed E-state index contributed by atoms with van der Waals surface area (Å²) < 4.78 is 3.44. The summed E-state index contributed by atoms with van der Waals surface area (Å²) in [6, 6.07) is 0. The van der Waals surface area contributed by atoms with Gasteiger partial charge in [-0.05, 0) is 18.7 Å². The Hall–Kier alpha value is 0.370. The predicted octanol–water partition coefficient (Wildman–Crippen LogP) is 1.22. The van der Waals surface area contributed by atoms with Crippen LogP contribution in [-0.4, -0.2) is 11.8 Å². The van der Waals surface area contributed by atoms with E-state index in [1.165, 1.54) is 11.9 Å². The first-order valence-corrected chi connectivity index (χ1v) is 2.68. The van der Waals surface area contributed by atoms with Crippen molar-refractivity contribution >= 4 is 31.3 Å². The molecule has 0 aliphatic carbocycles. The second-order valence-electron chi connectivity index (χ2n) is 0.387. The van der Waals surface area contributed by atoms with Crippen LogP contribution in [0.4, 0.5) is 0 Å². The maximum absolute atomic E-state index is 3.83. The van der Waals surface area contributed by atoms with Gasteiger partial charge in [-0.15, -0.1) is 0 Å². The molecule has 0 unspecified atom stereocenters. The molecule has 0 aliphatic rings. The zero-order valence-electron chi connectivity index (χ0n) is 2.72. The molecular weight excluding hydrogens is 102 g/mol. The van der Waals surface area contributed by atoms with Crippen LogP contribution in [0.1, 0.15) is 0 Å². The van der Waals surface area contributed by atoms with Gasteiger partial charge in [0, 0.05) is 0 Å². The molecule has 5 heavy (non-hydrogen) atoms. The lowest BCUT2D eigenvalue weighted by Crippen LogP contribution is -1.46. The fraction of sp³-hybridized carbons (Fsp3) is 0.500. The molecule has 1 nitrogen and oxygen atoms in total. The molecule has 0 atom stereocenters. The average molecular weight is 107 g/mol. The standard InChI is InChI=1S/C2H5NS2/c1-3-5-2-4/h4H,1-2H2. The van der Waals surface area contributed by atoms with Gasteiger partial charge in [0.1, 0.15) is 0 Å². The zero-order valence-corrected chi connectivity index (χ0v) is 4.43. The van der Waals surface area contributed by atoms with E-state index in [4.69, 9.17) is 0 Å². The molecule has 0 aromatic rings. The first-order chi connectivity index (χ1) is 2.41. The Bertz CT molecular complexity index is 28.8. The van der Waals surface area contributed by atoms with Crippen molar-refractivity contribution < 1.29 is 0 Å². The van der Waals surface area contributed by atoms with Crippen LogP contribution in [0.15, 0.2) is 4.40 Å². The van der Waals surface area contributed by atoms with Gasteiger partial charge in [0.05, 0.1) is 5.08 Å². The van der Waals surface area contributed by atoms with Crippen molar-refractivity contribution in [3.8, 4) is 0 Å². The van der Waals surface area contributed by atoms with Gasteiger partial charge < -0.3 is 0 Å². The van der Waals surface area contributed by atoms with Gasteiger partial charge in [-0.2, -0.15) is 12.6 Å². The van der Waals surface area contributed by atoms with E-state index in [9.17, 15) is 0 Å². The van der Waals surface area contributed by atoms with E-state index in [1.54, 1.807) is 0 Å². The quantitative estimate of drug-likeness (QED) is 0.242. The second-order valence-corrected chi connectivity index (χ2v) is 1.94. The highest BCUT2D eigenvalue weighted by Crippen LogP contribution is 1.98. The third kappa shape index (κ3) is 4.37. The Labute approximate surface area is 41.4 Å². The highest BCUT2D eigenvalue weighted by atomic mass is 32.2. The first kappa shape index (κ1) is 5.37. The first-order valence-electron chi connectivity index (χ1n) is 1.10. The van der Waals surface area contributed by atoms with Gasteiger partial charge in [-0.3, -0.25) is 0 Å². The van der Waals surface area contributed by atoms with E-state index in [-0.39, 0.29) is 0 Å². The van der Waals surface area contributed by atoms with Crippen LogP contribution < -0.4 is 0 Å². The van der Waals surface area contributed by atoms with Crippen molar-refractivity contribution in [1.29, 1.82) is 0 Å². The van der Waals surface area contributed by atoms with Crippen LogP contribution in [0.3, 0.4) is 0 Å². The summed E-state index contributed by atoms with van der Waals surface area (Å²) in [5.74, 6) is 0. The van der Waals surface area contributed by atoms with Crippen molar-refractivity contribution in [2.75, 3.05) is 5.08 Å². The molecule has 0 fully saturated rings. The molecule has 30 valence electrons.